The van der Waals surface area contributed by atoms with Gasteiger partial charge in [-0.1, -0.05) is 0 Å². The molecular formula is C18H15ClN2O2. The summed E-state index contributed by atoms with van der Waals surface area (Å²) in [5, 5.41) is 1.39. The number of aryl methyl sites for hydroxylation is 1. The predicted molar refractivity (Wildman–Crippen MR) is 90.8 cm³/mol. The minimum Gasteiger partial charge on any atom is -0.443 e. The summed E-state index contributed by atoms with van der Waals surface area (Å²) in [6.45, 7) is 2.83. The summed E-state index contributed by atoms with van der Waals surface area (Å²) >= 11 is 5.84. The first-order valence-corrected chi connectivity index (χ1v) is 7.97. The lowest BCUT2D eigenvalue weighted by Gasteiger charge is -2.16. The number of anilines is 1. The van der Waals surface area contributed by atoms with Gasteiger partial charge in [-0.3, -0.25) is 4.79 Å². The maximum atomic E-state index is 11.9. The number of nitrogens with zero attached hydrogens (tertiary/aromatic N) is 2. The lowest BCUT2D eigenvalue weighted by molar-refractivity contribution is -0.117. The molecule has 1 aliphatic heterocycles. The van der Waals surface area contributed by atoms with Gasteiger partial charge in [-0.2, -0.15) is 0 Å². The van der Waals surface area contributed by atoms with Crippen molar-refractivity contribution in [3.8, 4) is 11.5 Å². The molecule has 0 radical (unpaired) electrons. The van der Waals surface area contributed by atoms with E-state index in [9.17, 15) is 4.79 Å². The summed E-state index contributed by atoms with van der Waals surface area (Å²) in [7, 11) is 0. The van der Waals surface area contributed by atoms with Gasteiger partial charge in [0.15, 0.2) is 11.0 Å². The lowest BCUT2D eigenvalue weighted by Crippen LogP contribution is -2.23. The van der Waals surface area contributed by atoms with Crippen LogP contribution in [0.2, 0.25) is 5.22 Å². The monoisotopic (exact) mass is 326 g/mol. The van der Waals surface area contributed by atoms with Gasteiger partial charge >= 0.3 is 0 Å². The van der Waals surface area contributed by atoms with Gasteiger partial charge in [0, 0.05) is 24.0 Å². The molecule has 0 saturated carbocycles. The van der Waals surface area contributed by atoms with Gasteiger partial charge in [0.25, 0.3) is 0 Å². The fraction of sp³-hybridized carbons (Fsp3) is 0.222. The maximum absolute atomic E-state index is 11.9. The van der Waals surface area contributed by atoms with Crippen molar-refractivity contribution < 1.29 is 9.21 Å². The number of pyridine rings is 1. The number of carbonyl (C=O) groups excluding carboxylic acids is 1. The van der Waals surface area contributed by atoms with Crippen molar-refractivity contribution in [1.82, 2.24) is 4.98 Å². The minimum absolute atomic E-state index is 0.191. The fourth-order valence-corrected chi connectivity index (χ4v) is 3.20. The Hall–Kier alpha value is -2.33. The summed E-state index contributed by atoms with van der Waals surface area (Å²) in [6.07, 6.45) is 1.56. The molecule has 1 fully saturated rings. The highest BCUT2D eigenvalue weighted by Crippen LogP contribution is 2.30. The van der Waals surface area contributed by atoms with E-state index in [1.54, 1.807) is 6.07 Å². The first-order valence-electron chi connectivity index (χ1n) is 7.59. The highest BCUT2D eigenvalue weighted by Gasteiger charge is 2.22. The minimum atomic E-state index is 0.191. The molecule has 0 spiro atoms. The molecule has 0 aliphatic carbocycles. The number of rotatable bonds is 2. The third kappa shape index (κ3) is 2.49. The Balaban J connectivity index is 1.81. The van der Waals surface area contributed by atoms with E-state index in [0.717, 1.165) is 40.8 Å². The molecule has 3 aromatic rings. The van der Waals surface area contributed by atoms with Crippen LogP contribution in [-0.2, 0) is 4.79 Å². The zero-order valence-electron chi connectivity index (χ0n) is 12.7. The SMILES string of the molecule is Cc1cc(-c2ccc(Cl)o2)nc2ccc(N3CCCC3=O)cc12. The van der Waals surface area contributed by atoms with Gasteiger partial charge in [-0.05, 0) is 66.9 Å². The fourth-order valence-electron chi connectivity index (χ4n) is 3.05. The molecule has 0 N–H and O–H groups in total. The Bertz CT molecular complexity index is 917. The van der Waals surface area contributed by atoms with E-state index in [1.807, 2.05) is 42.2 Å². The summed E-state index contributed by atoms with van der Waals surface area (Å²) in [6, 6.07) is 11.5. The molecule has 23 heavy (non-hydrogen) atoms. The second-order valence-electron chi connectivity index (χ2n) is 5.78. The summed E-state index contributed by atoms with van der Waals surface area (Å²) < 4.78 is 5.44. The molecule has 4 nitrogen and oxygen atoms in total. The average molecular weight is 327 g/mol. The molecule has 0 bridgehead atoms. The summed E-state index contributed by atoms with van der Waals surface area (Å²) in [5.41, 5.74) is 3.67. The topological polar surface area (TPSA) is 46.3 Å². The Morgan fingerprint density at radius 2 is 2.09 bits per heavy atom. The summed E-state index contributed by atoms with van der Waals surface area (Å²) in [5.74, 6) is 0.843. The van der Waals surface area contributed by atoms with Crippen molar-refractivity contribution in [3.63, 3.8) is 0 Å². The standard InChI is InChI=1S/C18H15ClN2O2/c1-11-9-15(16-6-7-17(19)23-16)20-14-5-4-12(10-13(11)14)21-8-2-3-18(21)22/h4-7,9-10H,2-3,8H2,1H3. The molecule has 5 heteroatoms. The molecule has 3 heterocycles. The van der Waals surface area contributed by atoms with Crippen LogP contribution in [0.15, 0.2) is 40.8 Å². The van der Waals surface area contributed by atoms with E-state index < -0.39 is 0 Å². The van der Waals surface area contributed by atoms with Gasteiger partial charge in [-0.25, -0.2) is 4.98 Å². The molecule has 116 valence electrons. The van der Waals surface area contributed by atoms with Gasteiger partial charge < -0.3 is 9.32 Å². The third-order valence-electron chi connectivity index (χ3n) is 4.21. The van der Waals surface area contributed by atoms with Gasteiger partial charge in [0.2, 0.25) is 5.91 Å². The number of hydrogen-bond acceptors (Lipinski definition) is 3. The van der Waals surface area contributed by atoms with Crippen LogP contribution in [-0.4, -0.2) is 17.4 Å². The molecule has 0 unspecified atom stereocenters. The van der Waals surface area contributed by atoms with E-state index >= 15 is 0 Å². The number of hydrogen-bond donors (Lipinski definition) is 0. The molecule has 2 aromatic heterocycles. The van der Waals surface area contributed by atoms with Crippen molar-refractivity contribution in [2.45, 2.75) is 19.8 Å². The summed E-state index contributed by atoms with van der Waals surface area (Å²) in [4.78, 5) is 18.4. The quantitative estimate of drug-likeness (QED) is 0.692. The van der Waals surface area contributed by atoms with Crippen LogP contribution < -0.4 is 4.90 Å². The van der Waals surface area contributed by atoms with E-state index in [4.69, 9.17) is 16.0 Å². The number of furan rings is 1. The molecular weight excluding hydrogens is 312 g/mol. The van der Waals surface area contributed by atoms with Crippen LogP contribution in [0.1, 0.15) is 18.4 Å². The van der Waals surface area contributed by atoms with Crippen molar-refractivity contribution in [2.75, 3.05) is 11.4 Å². The van der Waals surface area contributed by atoms with E-state index in [1.165, 1.54) is 0 Å². The first-order chi connectivity index (χ1) is 11.1. The van der Waals surface area contributed by atoms with Crippen molar-refractivity contribution >= 4 is 34.1 Å². The highest BCUT2D eigenvalue weighted by atomic mass is 35.5. The Labute approximate surface area is 138 Å². The van der Waals surface area contributed by atoms with Crippen LogP contribution in [0.4, 0.5) is 5.69 Å². The largest absolute Gasteiger partial charge is 0.443 e. The smallest absolute Gasteiger partial charge is 0.227 e. The van der Waals surface area contributed by atoms with Crippen LogP contribution >= 0.6 is 11.6 Å². The van der Waals surface area contributed by atoms with E-state index in [0.29, 0.717) is 17.4 Å². The Morgan fingerprint density at radius 1 is 1.22 bits per heavy atom. The van der Waals surface area contributed by atoms with Gasteiger partial charge in [0.1, 0.15) is 5.69 Å². The number of carbonyl (C=O) groups is 1. The van der Waals surface area contributed by atoms with Gasteiger partial charge in [0.05, 0.1) is 5.52 Å². The average Bonchev–Trinajstić information content (AvgIpc) is 3.15. The number of benzene rings is 1. The van der Waals surface area contributed by atoms with Crippen LogP contribution in [0.3, 0.4) is 0 Å². The second kappa shape index (κ2) is 5.39. The number of fused-ring (bicyclic) bond motifs is 1. The van der Waals surface area contributed by atoms with Crippen molar-refractivity contribution in [3.05, 3.63) is 47.2 Å². The van der Waals surface area contributed by atoms with E-state index in [-0.39, 0.29) is 5.91 Å². The molecule has 1 aromatic carbocycles. The number of amides is 1. The zero-order chi connectivity index (χ0) is 16.0. The van der Waals surface area contributed by atoms with Gasteiger partial charge in [-0.15, -0.1) is 0 Å². The van der Waals surface area contributed by atoms with Crippen LogP contribution in [0, 0.1) is 6.92 Å². The predicted octanol–water partition coefficient (Wildman–Crippen LogP) is 4.58. The van der Waals surface area contributed by atoms with Crippen LogP contribution in [0.25, 0.3) is 22.4 Å². The normalized spacial score (nSPS) is 14.9. The molecule has 1 amide bonds. The van der Waals surface area contributed by atoms with Crippen molar-refractivity contribution in [1.29, 1.82) is 0 Å². The first kappa shape index (κ1) is 14.3. The zero-order valence-corrected chi connectivity index (χ0v) is 13.4. The van der Waals surface area contributed by atoms with Crippen LogP contribution in [0.5, 0.6) is 0 Å². The molecule has 4 rings (SSSR count). The highest BCUT2D eigenvalue weighted by molar-refractivity contribution is 6.29. The lowest BCUT2D eigenvalue weighted by atomic mass is 10.1. The second-order valence-corrected chi connectivity index (χ2v) is 6.15. The molecule has 0 atom stereocenters. The number of halogens is 1. The molecule has 1 aliphatic rings. The number of aromatic nitrogens is 1. The molecule has 1 saturated heterocycles. The maximum Gasteiger partial charge on any atom is 0.227 e. The van der Waals surface area contributed by atoms with E-state index in [2.05, 4.69) is 4.98 Å². The van der Waals surface area contributed by atoms with Crippen molar-refractivity contribution in [2.24, 2.45) is 0 Å². The Kier molecular flexibility index (Phi) is 3.34. The third-order valence-corrected chi connectivity index (χ3v) is 4.41. The Morgan fingerprint density at radius 3 is 2.78 bits per heavy atom.